The van der Waals surface area contributed by atoms with Gasteiger partial charge in [-0.25, -0.2) is 8.37 Å². The third-order valence-corrected chi connectivity index (χ3v) is 5.61. The van der Waals surface area contributed by atoms with Gasteiger partial charge in [0.1, 0.15) is 12.2 Å². The van der Waals surface area contributed by atoms with Crippen LogP contribution in [0.5, 0.6) is 0 Å². The Balaban J connectivity index is 4.72. The number of aliphatic carboxylic acids is 1. The second-order valence-electron chi connectivity index (χ2n) is 7.38. The Hall–Kier alpha value is -0.790. The van der Waals surface area contributed by atoms with Gasteiger partial charge in [-0.2, -0.15) is 16.8 Å². The minimum absolute atomic E-state index is 0.0648. The number of unbranched alkanes of at least 4 members (excludes halogenated alkanes) is 9. The summed E-state index contributed by atoms with van der Waals surface area (Å²) in [6.45, 7) is 2.15. The fourth-order valence-corrected chi connectivity index (χ4v) is 4.25. The molecule has 10 nitrogen and oxygen atoms in total. The van der Waals surface area contributed by atoms with Crippen molar-refractivity contribution < 1.29 is 44.2 Å². The zero-order chi connectivity index (χ0) is 23.0. The number of hydrogen-bond donors (Lipinski definition) is 3. The molecule has 0 saturated carbocycles. The van der Waals surface area contributed by atoms with E-state index in [2.05, 4.69) is 15.3 Å². The molecule has 0 heterocycles. The van der Waals surface area contributed by atoms with Crippen LogP contribution in [0.25, 0.3) is 0 Å². The number of carbonyl (C=O) groups is 1. The van der Waals surface area contributed by atoms with E-state index in [1.54, 1.807) is 0 Å². The van der Waals surface area contributed by atoms with Crippen LogP contribution in [0.1, 0.15) is 96.8 Å². The molecule has 0 spiro atoms. The van der Waals surface area contributed by atoms with Gasteiger partial charge in [-0.1, -0.05) is 71.1 Å². The van der Waals surface area contributed by atoms with Gasteiger partial charge in [-0.3, -0.25) is 13.9 Å². The summed E-state index contributed by atoms with van der Waals surface area (Å²) in [7, 11) is -9.78. The van der Waals surface area contributed by atoms with Crippen LogP contribution in [0.4, 0.5) is 0 Å². The third kappa shape index (κ3) is 19.2. The summed E-state index contributed by atoms with van der Waals surface area (Å²) in [5, 5.41) is 8.67. The van der Waals surface area contributed by atoms with Crippen LogP contribution in [0, 0.1) is 0 Å². The van der Waals surface area contributed by atoms with Gasteiger partial charge in [-0.05, 0) is 19.3 Å². The van der Waals surface area contributed by atoms with E-state index in [-0.39, 0.29) is 32.1 Å². The van der Waals surface area contributed by atoms with Crippen molar-refractivity contribution in [2.24, 2.45) is 0 Å². The maximum atomic E-state index is 11.2. The van der Waals surface area contributed by atoms with Crippen molar-refractivity contribution in [3.8, 4) is 0 Å². The first-order valence-corrected chi connectivity index (χ1v) is 13.2. The number of carboxylic acids is 1. The average Bonchev–Trinajstić information content (AvgIpc) is 2.59. The minimum atomic E-state index is -4.90. The molecule has 180 valence electrons. The van der Waals surface area contributed by atoms with Crippen LogP contribution in [0.3, 0.4) is 0 Å². The summed E-state index contributed by atoms with van der Waals surface area (Å²) in [5.74, 6) is -1.03. The van der Waals surface area contributed by atoms with Crippen LogP contribution < -0.4 is 0 Å². The van der Waals surface area contributed by atoms with Gasteiger partial charge >= 0.3 is 26.8 Å². The summed E-state index contributed by atoms with van der Waals surface area (Å²) in [5.41, 5.74) is 0. The predicted octanol–water partition coefficient (Wildman–Crippen LogP) is 3.93. The Labute approximate surface area is 180 Å². The van der Waals surface area contributed by atoms with E-state index in [1.165, 1.54) is 25.7 Å². The number of rotatable bonds is 20. The molecule has 0 fully saturated rings. The zero-order valence-electron chi connectivity index (χ0n) is 17.6. The normalized spacial score (nSPS) is 14.5. The van der Waals surface area contributed by atoms with Crippen LogP contribution in [-0.2, 0) is 34.0 Å². The van der Waals surface area contributed by atoms with Crippen LogP contribution in [-0.4, -0.2) is 49.2 Å². The summed E-state index contributed by atoms with van der Waals surface area (Å²) in [4.78, 5) is 10.6. The molecule has 12 heteroatoms. The first kappa shape index (κ1) is 29.2. The van der Waals surface area contributed by atoms with Gasteiger partial charge in [0.15, 0.2) is 0 Å². The van der Waals surface area contributed by atoms with Crippen molar-refractivity contribution in [1.82, 2.24) is 0 Å². The van der Waals surface area contributed by atoms with Crippen molar-refractivity contribution in [2.75, 3.05) is 0 Å². The second-order valence-corrected chi connectivity index (χ2v) is 9.48. The van der Waals surface area contributed by atoms with Gasteiger partial charge in [-0.15, -0.1) is 0 Å². The minimum Gasteiger partial charge on any atom is -0.481 e. The van der Waals surface area contributed by atoms with Crippen molar-refractivity contribution in [3.05, 3.63) is 0 Å². The van der Waals surface area contributed by atoms with E-state index in [9.17, 15) is 21.6 Å². The van der Waals surface area contributed by atoms with Crippen LogP contribution in [0.2, 0.25) is 0 Å². The molecule has 0 bridgehead atoms. The van der Waals surface area contributed by atoms with Gasteiger partial charge in [0.2, 0.25) is 0 Å². The molecule has 0 saturated heterocycles. The Morgan fingerprint density at radius 1 is 0.700 bits per heavy atom. The molecule has 0 aliphatic rings. The number of carboxylic acid groups (broad SMARTS) is 1. The van der Waals surface area contributed by atoms with Crippen molar-refractivity contribution in [3.63, 3.8) is 0 Å². The Morgan fingerprint density at radius 3 is 1.43 bits per heavy atom. The van der Waals surface area contributed by atoms with E-state index < -0.39 is 39.0 Å². The lowest BCUT2D eigenvalue weighted by molar-refractivity contribution is -0.137. The fourth-order valence-electron chi connectivity index (χ4n) is 3.18. The van der Waals surface area contributed by atoms with Gasteiger partial charge in [0, 0.05) is 6.42 Å². The highest BCUT2D eigenvalue weighted by molar-refractivity contribution is 7.81. The molecule has 2 atom stereocenters. The van der Waals surface area contributed by atoms with E-state index in [0.29, 0.717) is 6.42 Å². The Morgan fingerprint density at radius 2 is 1.07 bits per heavy atom. The smallest absolute Gasteiger partial charge is 0.397 e. The molecule has 30 heavy (non-hydrogen) atoms. The standard InChI is InChI=1S/C18H36O10S2/c1-2-3-4-5-6-7-8-9-10-13-16(27-29(21,22)23)17(28-30(24,25)26)14-11-12-15-18(19)20/h16-17H,2-15H2,1H3,(H,19,20)(H,21,22,23)(H,24,25,26). The SMILES string of the molecule is CCCCCCCCCCCC(OS(=O)(=O)O)C(CCCCC(=O)O)OS(=O)(=O)O. The quantitative estimate of drug-likeness (QED) is 0.173. The molecule has 2 unspecified atom stereocenters. The molecule has 0 aromatic heterocycles. The maximum absolute atomic E-state index is 11.2. The summed E-state index contributed by atoms with van der Waals surface area (Å²) >= 11 is 0. The second kappa shape index (κ2) is 15.9. The van der Waals surface area contributed by atoms with E-state index >= 15 is 0 Å². The third-order valence-electron chi connectivity index (χ3n) is 4.63. The van der Waals surface area contributed by atoms with Crippen molar-refractivity contribution in [1.29, 1.82) is 0 Å². The summed E-state index contributed by atoms with van der Waals surface area (Å²) in [6, 6.07) is 0. The van der Waals surface area contributed by atoms with E-state index in [4.69, 9.17) is 14.2 Å². The maximum Gasteiger partial charge on any atom is 0.397 e. The van der Waals surface area contributed by atoms with Crippen LogP contribution >= 0.6 is 0 Å². The lowest BCUT2D eigenvalue weighted by Crippen LogP contribution is -2.35. The lowest BCUT2D eigenvalue weighted by Gasteiger charge is -2.24. The molecular formula is C18H36O10S2. The van der Waals surface area contributed by atoms with Crippen molar-refractivity contribution in [2.45, 2.75) is 109 Å². The highest BCUT2D eigenvalue weighted by Gasteiger charge is 2.30. The summed E-state index contributed by atoms with van der Waals surface area (Å²) in [6.07, 6.45) is 6.71. The molecular weight excluding hydrogens is 440 g/mol. The van der Waals surface area contributed by atoms with Gasteiger partial charge in [0.25, 0.3) is 0 Å². The molecule has 3 N–H and O–H groups in total. The molecule has 0 rings (SSSR count). The predicted molar refractivity (Wildman–Crippen MR) is 111 cm³/mol. The van der Waals surface area contributed by atoms with Crippen molar-refractivity contribution >= 4 is 26.8 Å². The number of hydrogen-bond acceptors (Lipinski definition) is 7. The zero-order valence-corrected chi connectivity index (χ0v) is 19.2. The largest absolute Gasteiger partial charge is 0.481 e. The molecule has 0 radical (unpaired) electrons. The molecule has 0 aromatic rings. The Kier molecular flexibility index (Phi) is 15.5. The van der Waals surface area contributed by atoms with Gasteiger partial charge < -0.3 is 5.11 Å². The van der Waals surface area contributed by atoms with E-state index in [1.807, 2.05) is 0 Å². The molecule has 0 aliphatic heterocycles. The van der Waals surface area contributed by atoms with Crippen LogP contribution in [0.15, 0.2) is 0 Å². The molecule has 0 amide bonds. The molecule has 0 aromatic carbocycles. The fraction of sp³-hybridized carbons (Fsp3) is 0.944. The first-order chi connectivity index (χ1) is 13.9. The highest BCUT2D eigenvalue weighted by Crippen LogP contribution is 2.22. The topological polar surface area (TPSA) is 164 Å². The Bertz CT molecular complexity index is 660. The summed E-state index contributed by atoms with van der Waals surface area (Å²) < 4.78 is 71.9. The monoisotopic (exact) mass is 476 g/mol. The highest BCUT2D eigenvalue weighted by atomic mass is 32.3. The average molecular weight is 477 g/mol. The lowest BCUT2D eigenvalue weighted by atomic mass is 10.00. The van der Waals surface area contributed by atoms with E-state index in [0.717, 1.165) is 25.7 Å². The molecule has 0 aliphatic carbocycles. The first-order valence-electron chi connectivity index (χ1n) is 10.5. The van der Waals surface area contributed by atoms with Gasteiger partial charge in [0.05, 0.1) is 0 Å².